The van der Waals surface area contributed by atoms with Gasteiger partial charge in [-0.2, -0.15) is 0 Å². The van der Waals surface area contributed by atoms with Crippen molar-refractivity contribution in [3.8, 4) is 5.75 Å². The number of carbonyl (C=O) groups is 2. The average molecular weight is 420 g/mol. The molecule has 0 spiro atoms. The van der Waals surface area contributed by atoms with Crippen molar-refractivity contribution in [2.75, 3.05) is 39.9 Å². The molecule has 30 heavy (non-hydrogen) atoms. The Morgan fingerprint density at radius 3 is 2.73 bits per heavy atom. The van der Waals surface area contributed by atoms with Crippen LogP contribution in [0.15, 0.2) is 24.3 Å². The van der Waals surface area contributed by atoms with E-state index >= 15 is 0 Å². The van der Waals surface area contributed by atoms with Gasteiger partial charge in [0, 0.05) is 6.54 Å². The van der Waals surface area contributed by atoms with E-state index in [0.29, 0.717) is 25.3 Å². The van der Waals surface area contributed by atoms with Crippen LogP contribution in [0.1, 0.15) is 31.2 Å². The van der Waals surface area contributed by atoms with Gasteiger partial charge in [0.05, 0.1) is 13.7 Å². The number of nitrogens with zero attached hydrogens (tertiary/aromatic N) is 1. The molecule has 0 bridgehead atoms. The van der Waals surface area contributed by atoms with Crippen molar-refractivity contribution in [2.45, 2.75) is 44.2 Å². The van der Waals surface area contributed by atoms with Gasteiger partial charge in [0.2, 0.25) is 0 Å². The molecule has 8 heteroatoms. The van der Waals surface area contributed by atoms with Crippen molar-refractivity contribution in [2.24, 2.45) is 11.7 Å². The van der Waals surface area contributed by atoms with Crippen molar-refractivity contribution in [1.82, 2.24) is 10.2 Å². The molecule has 2 atom stereocenters. The first-order valence-corrected chi connectivity index (χ1v) is 10.8. The monoisotopic (exact) mass is 419 g/mol. The number of esters is 1. The Kier molecular flexibility index (Phi) is 8.33. The summed E-state index contributed by atoms with van der Waals surface area (Å²) in [5, 5.41) is 3.38. The maximum atomic E-state index is 12.1. The summed E-state index contributed by atoms with van der Waals surface area (Å²) < 4.78 is 15.9. The number of carbonyl (C=O) groups excluding carboxylic acids is 2. The topological polar surface area (TPSA) is 103 Å². The minimum Gasteiger partial charge on any atom is -0.490 e. The fourth-order valence-electron chi connectivity index (χ4n) is 3.98. The molecule has 3 rings (SSSR count). The van der Waals surface area contributed by atoms with Gasteiger partial charge in [0.1, 0.15) is 18.4 Å². The third-order valence-corrected chi connectivity index (χ3v) is 5.77. The number of benzene rings is 1. The van der Waals surface area contributed by atoms with E-state index in [-0.39, 0.29) is 12.2 Å². The van der Waals surface area contributed by atoms with Crippen molar-refractivity contribution < 1.29 is 23.8 Å². The van der Waals surface area contributed by atoms with Crippen LogP contribution in [0.25, 0.3) is 0 Å². The van der Waals surface area contributed by atoms with E-state index in [0.717, 1.165) is 37.5 Å². The third-order valence-electron chi connectivity index (χ3n) is 5.77. The van der Waals surface area contributed by atoms with Gasteiger partial charge in [-0.05, 0) is 68.8 Å². The van der Waals surface area contributed by atoms with Gasteiger partial charge in [-0.1, -0.05) is 12.1 Å². The summed E-state index contributed by atoms with van der Waals surface area (Å²) in [5.41, 5.74) is 6.70. The molecule has 2 heterocycles. The van der Waals surface area contributed by atoms with Crippen LogP contribution in [0.4, 0.5) is 4.79 Å². The lowest BCUT2D eigenvalue weighted by Gasteiger charge is -2.23. The maximum Gasteiger partial charge on any atom is 0.410 e. The Morgan fingerprint density at radius 2 is 2.03 bits per heavy atom. The number of hydrogen-bond donors (Lipinski definition) is 2. The molecule has 1 amide bonds. The maximum absolute atomic E-state index is 12.1. The van der Waals surface area contributed by atoms with E-state index in [1.165, 1.54) is 26.4 Å². The highest BCUT2D eigenvalue weighted by molar-refractivity contribution is 5.75. The zero-order valence-corrected chi connectivity index (χ0v) is 17.7. The quantitative estimate of drug-likeness (QED) is 0.557. The number of ether oxygens (including phenoxy) is 3. The van der Waals surface area contributed by atoms with E-state index < -0.39 is 12.0 Å². The molecule has 2 aliphatic heterocycles. The highest BCUT2D eigenvalue weighted by atomic mass is 16.6. The standard InChI is InChI=1S/C22H33N3O5/c1-28-21(26)20(23)13-17-4-6-18(7-5-17)29-15-19-14-25(22(27)30-19)12-2-3-16-8-10-24-11-9-16/h4-7,16,19-20,24H,2-3,8-15,23H2,1H3. The van der Waals surface area contributed by atoms with Crippen molar-refractivity contribution in [3.63, 3.8) is 0 Å². The van der Waals surface area contributed by atoms with E-state index in [1.54, 1.807) is 4.90 Å². The lowest BCUT2D eigenvalue weighted by Crippen LogP contribution is -2.33. The fraction of sp³-hybridized carbons (Fsp3) is 0.636. The summed E-state index contributed by atoms with van der Waals surface area (Å²) in [6.45, 7) is 3.84. The van der Waals surface area contributed by atoms with Crippen LogP contribution in [-0.2, 0) is 20.7 Å². The summed E-state index contributed by atoms with van der Waals surface area (Å²) in [5.74, 6) is 1.03. The zero-order valence-electron chi connectivity index (χ0n) is 17.7. The Bertz CT molecular complexity index is 691. The van der Waals surface area contributed by atoms with Crippen LogP contribution < -0.4 is 15.8 Å². The number of hydrogen-bond acceptors (Lipinski definition) is 7. The first kappa shape index (κ1) is 22.4. The highest BCUT2D eigenvalue weighted by Gasteiger charge is 2.31. The molecule has 0 aromatic heterocycles. The molecular weight excluding hydrogens is 386 g/mol. The van der Waals surface area contributed by atoms with Gasteiger partial charge >= 0.3 is 12.1 Å². The van der Waals surface area contributed by atoms with E-state index in [2.05, 4.69) is 10.1 Å². The van der Waals surface area contributed by atoms with Gasteiger partial charge in [-0.25, -0.2) is 4.79 Å². The van der Waals surface area contributed by atoms with Gasteiger partial charge in [-0.15, -0.1) is 0 Å². The number of nitrogens with one attached hydrogen (secondary N) is 1. The Labute approximate surface area is 178 Å². The number of nitrogens with two attached hydrogens (primary N) is 1. The summed E-state index contributed by atoms with van der Waals surface area (Å²) >= 11 is 0. The Hall–Kier alpha value is -2.32. The first-order valence-electron chi connectivity index (χ1n) is 10.8. The minimum absolute atomic E-state index is 0.249. The summed E-state index contributed by atoms with van der Waals surface area (Å²) in [7, 11) is 1.32. The van der Waals surface area contributed by atoms with Crippen LogP contribution in [-0.4, -0.2) is 69.0 Å². The lowest BCUT2D eigenvalue weighted by atomic mass is 9.93. The van der Waals surface area contributed by atoms with Gasteiger partial charge in [0.25, 0.3) is 0 Å². The predicted octanol–water partition coefficient (Wildman–Crippen LogP) is 1.71. The van der Waals surface area contributed by atoms with E-state index in [1.807, 2.05) is 24.3 Å². The number of amides is 1. The number of piperidine rings is 1. The molecule has 2 aliphatic rings. The highest BCUT2D eigenvalue weighted by Crippen LogP contribution is 2.20. The summed E-state index contributed by atoms with van der Waals surface area (Å²) in [6.07, 6.45) is 4.54. The summed E-state index contributed by atoms with van der Waals surface area (Å²) in [4.78, 5) is 25.3. The molecule has 166 valence electrons. The Morgan fingerprint density at radius 1 is 1.30 bits per heavy atom. The second kappa shape index (κ2) is 11.2. The van der Waals surface area contributed by atoms with Gasteiger partial charge < -0.3 is 30.2 Å². The minimum atomic E-state index is -0.680. The number of rotatable bonds is 10. The number of methoxy groups -OCH3 is 1. The summed E-state index contributed by atoms with van der Waals surface area (Å²) in [6, 6.07) is 6.71. The van der Waals surface area contributed by atoms with Crippen molar-refractivity contribution in [1.29, 1.82) is 0 Å². The van der Waals surface area contributed by atoms with Crippen LogP contribution >= 0.6 is 0 Å². The smallest absolute Gasteiger partial charge is 0.410 e. The predicted molar refractivity (Wildman–Crippen MR) is 112 cm³/mol. The second-order valence-corrected chi connectivity index (χ2v) is 8.08. The lowest BCUT2D eigenvalue weighted by molar-refractivity contribution is -0.142. The molecule has 0 saturated carbocycles. The van der Waals surface area contributed by atoms with E-state index in [4.69, 9.17) is 15.2 Å². The fourth-order valence-corrected chi connectivity index (χ4v) is 3.98. The third kappa shape index (κ3) is 6.60. The molecule has 3 N–H and O–H groups in total. The number of cyclic esters (lactones) is 1. The SMILES string of the molecule is COC(=O)C(N)Cc1ccc(OCC2CN(CCCC3CCNCC3)C(=O)O2)cc1. The van der Waals surface area contributed by atoms with Crippen LogP contribution in [0.5, 0.6) is 5.75 Å². The molecule has 2 fully saturated rings. The first-order chi connectivity index (χ1) is 14.5. The zero-order chi connectivity index (χ0) is 21.3. The molecule has 0 aliphatic carbocycles. The van der Waals surface area contributed by atoms with Crippen molar-refractivity contribution in [3.05, 3.63) is 29.8 Å². The molecule has 2 unspecified atom stereocenters. The molecule has 8 nitrogen and oxygen atoms in total. The average Bonchev–Trinajstić information content (AvgIpc) is 3.12. The Balaban J connectivity index is 1.36. The van der Waals surface area contributed by atoms with Crippen LogP contribution in [0.2, 0.25) is 0 Å². The molecule has 1 aromatic rings. The van der Waals surface area contributed by atoms with Crippen LogP contribution in [0.3, 0.4) is 0 Å². The van der Waals surface area contributed by atoms with Gasteiger partial charge in [-0.3, -0.25) is 4.79 Å². The van der Waals surface area contributed by atoms with Crippen molar-refractivity contribution >= 4 is 12.1 Å². The molecular formula is C22H33N3O5. The normalized spacial score (nSPS) is 20.7. The van der Waals surface area contributed by atoms with Crippen LogP contribution in [0, 0.1) is 5.92 Å². The largest absolute Gasteiger partial charge is 0.490 e. The second-order valence-electron chi connectivity index (χ2n) is 8.08. The van der Waals surface area contributed by atoms with E-state index in [9.17, 15) is 9.59 Å². The molecule has 1 aromatic carbocycles. The molecule has 2 saturated heterocycles. The van der Waals surface area contributed by atoms with Gasteiger partial charge in [0.15, 0.2) is 6.10 Å². The molecule has 0 radical (unpaired) electrons.